The van der Waals surface area contributed by atoms with Gasteiger partial charge in [-0.05, 0) is 43.5 Å². The summed E-state index contributed by atoms with van der Waals surface area (Å²) < 4.78 is 13.8. The summed E-state index contributed by atoms with van der Waals surface area (Å²) in [5.41, 5.74) is 3.79. The molecule has 1 aliphatic carbocycles. The van der Waals surface area contributed by atoms with E-state index in [4.69, 9.17) is 5.26 Å². The van der Waals surface area contributed by atoms with Crippen LogP contribution >= 0.6 is 0 Å². The van der Waals surface area contributed by atoms with Crippen molar-refractivity contribution in [2.45, 2.75) is 25.8 Å². The van der Waals surface area contributed by atoms with Gasteiger partial charge in [-0.2, -0.15) is 5.26 Å². The molecule has 0 bridgehead atoms. The number of pyridine rings is 1. The van der Waals surface area contributed by atoms with Gasteiger partial charge in [-0.3, -0.25) is 4.98 Å². The second-order valence-electron chi connectivity index (χ2n) is 5.03. The average molecular weight is 267 g/mol. The van der Waals surface area contributed by atoms with E-state index in [9.17, 15) is 4.39 Å². The number of halogens is 1. The van der Waals surface area contributed by atoms with Crippen LogP contribution in [0.25, 0.3) is 0 Å². The smallest absolute Gasteiger partial charge is 0.129 e. The van der Waals surface area contributed by atoms with Crippen LogP contribution in [0.3, 0.4) is 0 Å². The minimum absolute atomic E-state index is 0.0817. The molecular weight excluding hydrogens is 253 g/mol. The van der Waals surface area contributed by atoms with Gasteiger partial charge in [-0.1, -0.05) is 6.07 Å². The van der Waals surface area contributed by atoms with Gasteiger partial charge in [0.15, 0.2) is 0 Å². The Morgan fingerprint density at radius 1 is 1.45 bits per heavy atom. The first-order chi connectivity index (χ1) is 9.69. The number of rotatable bonds is 2. The normalized spacial score (nSPS) is 16.6. The number of anilines is 1. The molecule has 100 valence electrons. The highest BCUT2D eigenvalue weighted by Crippen LogP contribution is 2.33. The number of hydrogen-bond acceptors (Lipinski definition) is 3. The molecule has 0 aliphatic heterocycles. The van der Waals surface area contributed by atoms with Gasteiger partial charge in [0.1, 0.15) is 5.82 Å². The zero-order valence-electron chi connectivity index (χ0n) is 11.2. The van der Waals surface area contributed by atoms with Gasteiger partial charge in [0.05, 0.1) is 23.4 Å². The molecule has 1 atom stereocenters. The lowest BCUT2D eigenvalue weighted by Crippen LogP contribution is -2.10. The van der Waals surface area contributed by atoms with Crippen LogP contribution in [0.2, 0.25) is 0 Å². The van der Waals surface area contributed by atoms with Crippen LogP contribution in [0.15, 0.2) is 30.5 Å². The van der Waals surface area contributed by atoms with E-state index in [1.54, 1.807) is 19.2 Å². The van der Waals surface area contributed by atoms with E-state index in [1.165, 1.54) is 11.6 Å². The molecule has 1 aromatic heterocycles. The number of aryl methyl sites for hydroxylation is 1. The molecule has 0 radical (unpaired) electrons. The van der Waals surface area contributed by atoms with Gasteiger partial charge in [0.25, 0.3) is 0 Å². The fourth-order valence-electron chi connectivity index (χ4n) is 2.63. The number of benzene rings is 1. The molecule has 4 heteroatoms. The third-order valence-electron chi connectivity index (χ3n) is 3.76. The Hall–Kier alpha value is -2.41. The predicted molar refractivity (Wildman–Crippen MR) is 74.8 cm³/mol. The van der Waals surface area contributed by atoms with E-state index >= 15 is 0 Å². The predicted octanol–water partition coefficient (Wildman–Crippen LogP) is 3.50. The lowest BCUT2D eigenvalue weighted by Gasteiger charge is -2.17. The molecular formula is C16H14FN3. The summed E-state index contributed by atoms with van der Waals surface area (Å²) in [5.74, 6) is -0.356. The minimum atomic E-state index is -0.356. The van der Waals surface area contributed by atoms with Gasteiger partial charge in [-0.15, -0.1) is 0 Å². The van der Waals surface area contributed by atoms with Crippen LogP contribution in [0, 0.1) is 24.1 Å². The van der Waals surface area contributed by atoms with Crippen molar-refractivity contribution < 1.29 is 4.39 Å². The molecule has 1 aliphatic rings. The van der Waals surface area contributed by atoms with E-state index in [2.05, 4.69) is 16.4 Å². The molecule has 0 fully saturated rings. The SMILES string of the molecule is Cc1c(F)cc(C#N)cc1NC1CCc2cccnc21. The molecule has 0 amide bonds. The standard InChI is InChI=1S/C16H14FN3/c1-10-13(17)7-11(9-18)8-15(10)20-14-5-4-12-3-2-6-19-16(12)14/h2-3,6-8,14,20H,4-5H2,1H3. The van der Waals surface area contributed by atoms with Crippen molar-refractivity contribution in [3.63, 3.8) is 0 Å². The molecule has 0 saturated heterocycles. The number of nitrogens with zero attached hydrogens (tertiary/aromatic N) is 2. The summed E-state index contributed by atoms with van der Waals surface area (Å²) in [7, 11) is 0. The van der Waals surface area contributed by atoms with Crippen molar-refractivity contribution in [2.75, 3.05) is 5.32 Å². The van der Waals surface area contributed by atoms with E-state index in [1.807, 2.05) is 12.1 Å². The molecule has 3 nitrogen and oxygen atoms in total. The van der Waals surface area contributed by atoms with E-state index in [0.717, 1.165) is 18.5 Å². The Labute approximate surface area is 117 Å². The second-order valence-corrected chi connectivity index (χ2v) is 5.03. The summed E-state index contributed by atoms with van der Waals surface area (Å²) in [6.07, 6.45) is 3.68. The summed E-state index contributed by atoms with van der Waals surface area (Å²) in [4.78, 5) is 4.41. The highest BCUT2D eigenvalue weighted by atomic mass is 19.1. The third-order valence-corrected chi connectivity index (χ3v) is 3.76. The topological polar surface area (TPSA) is 48.7 Å². The van der Waals surface area contributed by atoms with Crippen molar-refractivity contribution in [3.05, 3.63) is 58.7 Å². The zero-order valence-corrected chi connectivity index (χ0v) is 11.2. The Kier molecular flexibility index (Phi) is 3.11. The van der Waals surface area contributed by atoms with E-state index < -0.39 is 0 Å². The maximum Gasteiger partial charge on any atom is 0.129 e. The monoisotopic (exact) mass is 267 g/mol. The minimum Gasteiger partial charge on any atom is -0.376 e. The maximum atomic E-state index is 13.8. The largest absolute Gasteiger partial charge is 0.376 e. The molecule has 1 heterocycles. The molecule has 0 spiro atoms. The van der Waals surface area contributed by atoms with Gasteiger partial charge < -0.3 is 5.32 Å². The van der Waals surface area contributed by atoms with Crippen molar-refractivity contribution >= 4 is 5.69 Å². The average Bonchev–Trinajstić information content (AvgIpc) is 2.87. The first-order valence-electron chi connectivity index (χ1n) is 6.59. The highest BCUT2D eigenvalue weighted by molar-refractivity contribution is 5.57. The van der Waals surface area contributed by atoms with Crippen molar-refractivity contribution in [1.29, 1.82) is 5.26 Å². The van der Waals surface area contributed by atoms with Crippen LogP contribution in [0.4, 0.5) is 10.1 Å². The van der Waals surface area contributed by atoms with Crippen LogP contribution < -0.4 is 5.32 Å². The summed E-state index contributed by atoms with van der Waals surface area (Å²) >= 11 is 0. The lowest BCUT2D eigenvalue weighted by atomic mass is 10.1. The van der Waals surface area contributed by atoms with E-state index in [-0.39, 0.29) is 11.9 Å². The summed E-state index contributed by atoms with van der Waals surface area (Å²) in [6, 6.07) is 9.03. The highest BCUT2D eigenvalue weighted by Gasteiger charge is 2.24. The molecule has 2 aromatic rings. The van der Waals surface area contributed by atoms with Gasteiger partial charge in [-0.25, -0.2) is 4.39 Å². The molecule has 20 heavy (non-hydrogen) atoms. The second kappa shape index (κ2) is 4.93. The Morgan fingerprint density at radius 3 is 3.10 bits per heavy atom. The van der Waals surface area contributed by atoms with Crippen LogP contribution in [0.1, 0.15) is 34.8 Å². The van der Waals surface area contributed by atoms with Crippen LogP contribution in [-0.4, -0.2) is 4.98 Å². The van der Waals surface area contributed by atoms with Crippen LogP contribution in [-0.2, 0) is 6.42 Å². The molecule has 1 aromatic carbocycles. The van der Waals surface area contributed by atoms with Crippen molar-refractivity contribution in [2.24, 2.45) is 0 Å². The Bertz CT molecular complexity index is 703. The molecule has 1 N–H and O–H groups in total. The fourth-order valence-corrected chi connectivity index (χ4v) is 2.63. The van der Waals surface area contributed by atoms with Crippen molar-refractivity contribution in [3.8, 4) is 6.07 Å². The van der Waals surface area contributed by atoms with Crippen LogP contribution in [0.5, 0.6) is 0 Å². The fraction of sp³-hybridized carbons (Fsp3) is 0.250. The quantitative estimate of drug-likeness (QED) is 0.906. The lowest BCUT2D eigenvalue weighted by molar-refractivity contribution is 0.617. The summed E-state index contributed by atoms with van der Waals surface area (Å²) in [5, 5.41) is 12.3. The van der Waals surface area contributed by atoms with Gasteiger partial charge in [0, 0.05) is 17.4 Å². The molecule has 3 rings (SSSR count). The number of nitriles is 1. The Balaban J connectivity index is 1.94. The summed E-state index contributed by atoms with van der Waals surface area (Å²) in [6.45, 7) is 1.72. The number of aromatic nitrogens is 1. The van der Waals surface area contributed by atoms with Gasteiger partial charge >= 0.3 is 0 Å². The molecule has 0 saturated carbocycles. The number of fused-ring (bicyclic) bond motifs is 1. The Morgan fingerprint density at radius 2 is 2.30 bits per heavy atom. The number of nitrogens with one attached hydrogen (secondary N) is 1. The van der Waals surface area contributed by atoms with E-state index in [0.29, 0.717) is 16.8 Å². The first-order valence-corrected chi connectivity index (χ1v) is 6.59. The zero-order chi connectivity index (χ0) is 14.1. The van der Waals surface area contributed by atoms with Gasteiger partial charge in [0.2, 0.25) is 0 Å². The first kappa shape index (κ1) is 12.6. The van der Waals surface area contributed by atoms with Crippen molar-refractivity contribution in [1.82, 2.24) is 4.98 Å². The maximum absolute atomic E-state index is 13.8. The third kappa shape index (κ3) is 2.12. The number of hydrogen-bond donors (Lipinski definition) is 1. The molecule has 1 unspecified atom stereocenters.